The van der Waals surface area contributed by atoms with E-state index in [4.69, 9.17) is 9.47 Å². The largest absolute Gasteiger partial charge is 0.493 e. The van der Waals surface area contributed by atoms with Crippen molar-refractivity contribution in [2.45, 2.75) is 31.1 Å². The molecule has 1 amide bonds. The normalized spacial score (nSPS) is 15.6. The third-order valence-corrected chi connectivity index (χ3v) is 5.46. The molecule has 1 aliphatic rings. The van der Waals surface area contributed by atoms with E-state index in [0.717, 1.165) is 41.4 Å². The summed E-state index contributed by atoms with van der Waals surface area (Å²) < 4.78 is 11.7. The minimum Gasteiger partial charge on any atom is -0.493 e. The highest BCUT2D eigenvalue weighted by atomic mass is 79.9. The van der Waals surface area contributed by atoms with Crippen LogP contribution in [-0.4, -0.2) is 20.1 Å². The lowest BCUT2D eigenvalue weighted by molar-refractivity contribution is -0.121. The summed E-state index contributed by atoms with van der Waals surface area (Å²) in [6.45, 7) is 0. The van der Waals surface area contributed by atoms with E-state index in [9.17, 15) is 4.79 Å². The van der Waals surface area contributed by atoms with Gasteiger partial charge in [-0.1, -0.05) is 34.8 Å². The number of carbonyl (C=O) groups excluding carboxylic acids is 1. The monoisotopic (exact) mass is 403 g/mol. The fourth-order valence-electron chi connectivity index (χ4n) is 3.54. The van der Waals surface area contributed by atoms with Crippen molar-refractivity contribution in [3.05, 3.63) is 52.5 Å². The van der Waals surface area contributed by atoms with E-state index >= 15 is 0 Å². The van der Waals surface area contributed by atoms with Crippen LogP contribution in [0.4, 0.5) is 5.69 Å². The molecule has 2 aromatic rings. The highest BCUT2D eigenvalue weighted by molar-refractivity contribution is 9.10. The molecule has 0 aromatic heterocycles. The van der Waals surface area contributed by atoms with Gasteiger partial charge in [0.15, 0.2) is 11.5 Å². The molecule has 1 saturated carbocycles. The van der Waals surface area contributed by atoms with Gasteiger partial charge in [0.05, 0.1) is 19.6 Å². The molecule has 4 nitrogen and oxygen atoms in total. The Morgan fingerprint density at radius 2 is 1.64 bits per heavy atom. The van der Waals surface area contributed by atoms with Crippen LogP contribution in [0.25, 0.3) is 0 Å². The summed E-state index contributed by atoms with van der Waals surface area (Å²) in [5.41, 5.74) is 1.27. The minimum atomic E-state index is -0.521. The summed E-state index contributed by atoms with van der Waals surface area (Å²) in [5, 5.41) is 3.08. The summed E-state index contributed by atoms with van der Waals surface area (Å²) >= 11 is 3.42. The molecule has 1 N–H and O–H groups in total. The Labute approximate surface area is 156 Å². The van der Waals surface area contributed by atoms with Crippen molar-refractivity contribution in [2.75, 3.05) is 19.5 Å². The maximum atomic E-state index is 13.2. The number of halogens is 1. The Balaban J connectivity index is 1.93. The summed E-state index contributed by atoms with van der Waals surface area (Å²) in [6, 6.07) is 13.4. The van der Waals surface area contributed by atoms with Crippen molar-refractivity contribution in [2.24, 2.45) is 0 Å². The molecule has 0 aliphatic heterocycles. The first-order chi connectivity index (χ1) is 12.1. The number of anilines is 1. The number of rotatable bonds is 5. The molecule has 0 unspecified atom stereocenters. The van der Waals surface area contributed by atoms with Crippen LogP contribution in [0, 0.1) is 0 Å². The summed E-state index contributed by atoms with van der Waals surface area (Å²) in [7, 11) is 3.23. The summed E-state index contributed by atoms with van der Waals surface area (Å²) in [4.78, 5) is 13.2. The second kappa shape index (κ2) is 7.48. The lowest BCUT2D eigenvalue weighted by Gasteiger charge is -2.29. The van der Waals surface area contributed by atoms with E-state index < -0.39 is 5.41 Å². The molecular formula is C20H22BrNO3. The molecule has 0 heterocycles. The van der Waals surface area contributed by atoms with Crippen LogP contribution in [0.5, 0.6) is 11.5 Å². The van der Waals surface area contributed by atoms with E-state index in [1.807, 2.05) is 42.5 Å². The average molecular weight is 404 g/mol. The molecule has 1 aliphatic carbocycles. The molecule has 0 atom stereocenters. The molecule has 5 heteroatoms. The lowest BCUT2D eigenvalue weighted by atomic mass is 9.77. The molecule has 0 saturated heterocycles. The van der Waals surface area contributed by atoms with Gasteiger partial charge in [-0.25, -0.2) is 0 Å². The minimum absolute atomic E-state index is 0.0412. The number of amides is 1. The van der Waals surface area contributed by atoms with Gasteiger partial charge in [0.2, 0.25) is 5.91 Å². The van der Waals surface area contributed by atoms with E-state index in [2.05, 4.69) is 21.2 Å². The maximum absolute atomic E-state index is 13.2. The van der Waals surface area contributed by atoms with Gasteiger partial charge < -0.3 is 14.8 Å². The Bertz CT molecular complexity index is 752. The zero-order valence-corrected chi connectivity index (χ0v) is 16.1. The highest BCUT2D eigenvalue weighted by Crippen LogP contribution is 2.44. The number of carbonyl (C=O) groups is 1. The number of nitrogens with one attached hydrogen (secondary N) is 1. The third kappa shape index (κ3) is 3.52. The zero-order valence-electron chi connectivity index (χ0n) is 14.5. The van der Waals surface area contributed by atoms with Crippen LogP contribution in [0.3, 0.4) is 0 Å². The number of hydrogen-bond donors (Lipinski definition) is 1. The van der Waals surface area contributed by atoms with Gasteiger partial charge in [0.25, 0.3) is 0 Å². The Morgan fingerprint density at radius 3 is 2.24 bits per heavy atom. The second-order valence-corrected chi connectivity index (χ2v) is 7.24. The van der Waals surface area contributed by atoms with Crippen LogP contribution in [0.2, 0.25) is 0 Å². The predicted molar refractivity (Wildman–Crippen MR) is 102 cm³/mol. The van der Waals surface area contributed by atoms with E-state index in [1.54, 1.807) is 14.2 Å². The van der Waals surface area contributed by atoms with Crippen LogP contribution < -0.4 is 14.8 Å². The van der Waals surface area contributed by atoms with Crippen LogP contribution in [0.15, 0.2) is 46.9 Å². The third-order valence-electron chi connectivity index (χ3n) is 4.93. The quantitative estimate of drug-likeness (QED) is 0.770. The highest BCUT2D eigenvalue weighted by Gasteiger charge is 2.43. The number of methoxy groups -OCH3 is 2. The van der Waals surface area contributed by atoms with Crippen LogP contribution >= 0.6 is 15.9 Å². The van der Waals surface area contributed by atoms with Crippen molar-refractivity contribution in [3.63, 3.8) is 0 Å². The lowest BCUT2D eigenvalue weighted by Crippen LogP contribution is -2.38. The van der Waals surface area contributed by atoms with Crippen LogP contribution in [-0.2, 0) is 10.2 Å². The molecule has 0 bridgehead atoms. The van der Waals surface area contributed by atoms with Gasteiger partial charge in [-0.15, -0.1) is 0 Å². The molecule has 25 heavy (non-hydrogen) atoms. The van der Waals surface area contributed by atoms with Crippen molar-refractivity contribution in [1.29, 1.82) is 0 Å². The standard InChI is InChI=1S/C20H22BrNO3/c1-24-17-10-5-14(13-18(17)25-2)20(11-3-4-12-20)19(23)22-16-8-6-15(21)7-9-16/h5-10,13H,3-4,11-12H2,1-2H3,(H,22,23). The fourth-order valence-corrected chi connectivity index (χ4v) is 3.81. The van der Waals surface area contributed by atoms with E-state index in [-0.39, 0.29) is 5.91 Å². The van der Waals surface area contributed by atoms with E-state index in [1.165, 1.54) is 0 Å². The molecule has 132 valence electrons. The summed E-state index contributed by atoms with van der Waals surface area (Å²) in [6.07, 6.45) is 3.76. The van der Waals surface area contributed by atoms with Gasteiger partial charge in [-0.2, -0.15) is 0 Å². The maximum Gasteiger partial charge on any atom is 0.235 e. The van der Waals surface area contributed by atoms with Crippen LogP contribution in [0.1, 0.15) is 31.2 Å². The summed E-state index contributed by atoms with van der Waals surface area (Å²) in [5.74, 6) is 1.37. The first-order valence-corrected chi connectivity index (χ1v) is 9.18. The first kappa shape index (κ1) is 17.8. The molecule has 0 radical (unpaired) electrons. The van der Waals surface area contributed by atoms with Gasteiger partial charge in [0.1, 0.15) is 0 Å². The van der Waals surface area contributed by atoms with E-state index in [0.29, 0.717) is 11.5 Å². The zero-order chi connectivity index (χ0) is 17.9. The Morgan fingerprint density at radius 1 is 1.00 bits per heavy atom. The smallest absolute Gasteiger partial charge is 0.235 e. The molecular weight excluding hydrogens is 382 g/mol. The molecule has 2 aromatic carbocycles. The van der Waals surface area contributed by atoms with Crippen molar-refractivity contribution in [1.82, 2.24) is 0 Å². The number of ether oxygens (including phenoxy) is 2. The molecule has 3 rings (SSSR count). The van der Waals surface area contributed by atoms with Crippen molar-refractivity contribution < 1.29 is 14.3 Å². The average Bonchev–Trinajstić information content (AvgIpc) is 3.14. The van der Waals surface area contributed by atoms with Gasteiger partial charge in [-0.3, -0.25) is 4.79 Å². The predicted octanol–water partition coefficient (Wildman–Crippen LogP) is 4.92. The van der Waals surface area contributed by atoms with Gasteiger partial charge >= 0.3 is 0 Å². The van der Waals surface area contributed by atoms with Gasteiger partial charge in [-0.05, 0) is 54.8 Å². The molecule has 0 spiro atoms. The van der Waals surface area contributed by atoms with Crippen molar-refractivity contribution in [3.8, 4) is 11.5 Å². The number of hydrogen-bond acceptors (Lipinski definition) is 3. The van der Waals surface area contributed by atoms with Crippen molar-refractivity contribution >= 4 is 27.5 Å². The fraction of sp³-hybridized carbons (Fsp3) is 0.350. The van der Waals surface area contributed by atoms with Gasteiger partial charge in [0, 0.05) is 10.2 Å². The first-order valence-electron chi connectivity index (χ1n) is 8.38. The second-order valence-electron chi connectivity index (χ2n) is 6.32. The topological polar surface area (TPSA) is 47.6 Å². The Hall–Kier alpha value is -2.01. The molecule has 1 fully saturated rings. The number of benzene rings is 2. The Kier molecular flexibility index (Phi) is 5.33. The SMILES string of the molecule is COc1ccc(C2(C(=O)Nc3ccc(Br)cc3)CCCC2)cc1OC.